The Bertz CT molecular complexity index is 801. The van der Waals surface area contributed by atoms with Gasteiger partial charge in [0.05, 0.1) is 11.3 Å². The Hall–Kier alpha value is -2.24. The number of hydrogen-bond acceptors (Lipinski definition) is 2. The molecule has 0 fully saturated rings. The third-order valence-corrected chi connectivity index (χ3v) is 7.05. The molecule has 1 nitrogen and oxygen atoms in total. The summed E-state index contributed by atoms with van der Waals surface area (Å²) in [6.07, 6.45) is -4.21. The number of alkyl halides is 3. The number of nitrogens with zero attached hydrogens (tertiary/aromatic N) is 1. The largest absolute Gasteiger partial charge is 0.401 e. The van der Waals surface area contributed by atoms with Crippen LogP contribution in [-0.2, 0) is 4.75 Å². The van der Waals surface area contributed by atoms with Crippen molar-refractivity contribution in [2.24, 2.45) is 0 Å². The normalized spacial score (nSPS) is 13.4. The lowest BCUT2D eigenvalue weighted by atomic mass is 9.84. The number of thioether (sulfide) groups is 1. The number of benzene rings is 3. The molecule has 0 heterocycles. The SMILES string of the molecule is CC(CSC(c1ccccc1)(c1ccccc1)c1ccccc1)N(C)CC(F)(F)F. The van der Waals surface area contributed by atoms with Crippen LogP contribution >= 0.6 is 11.8 Å². The first-order valence-corrected chi connectivity index (χ1v) is 10.9. The van der Waals surface area contributed by atoms with Crippen LogP contribution in [-0.4, -0.2) is 36.5 Å². The van der Waals surface area contributed by atoms with Crippen LogP contribution < -0.4 is 0 Å². The number of hydrogen-bond donors (Lipinski definition) is 0. The molecule has 0 aliphatic rings. The maximum Gasteiger partial charge on any atom is 0.401 e. The lowest BCUT2D eigenvalue weighted by Crippen LogP contribution is -2.39. The number of rotatable bonds is 8. The molecule has 0 saturated heterocycles. The van der Waals surface area contributed by atoms with Gasteiger partial charge in [0.15, 0.2) is 0 Å². The van der Waals surface area contributed by atoms with Crippen molar-refractivity contribution >= 4 is 11.8 Å². The molecule has 158 valence electrons. The van der Waals surface area contributed by atoms with Crippen LogP contribution in [0.5, 0.6) is 0 Å². The van der Waals surface area contributed by atoms with E-state index in [4.69, 9.17) is 0 Å². The quantitative estimate of drug-likeness (QED) is 0.371. The van der Waals surface area contributed by atoms with Crippen LogP contribution in [0.4, 0.5) is 13.2 Å². The zero-order valence-electron chi connectivity index (χ0n) is 17.1. The molecule has 1 unspecified atom stereocenters. The standard InChI is InChI=1S/C25H26F3NS/c1-20(29(2)19-24(26,27)28)18-30-25(21-12-6-3-7-13-21,22-14-8-4-9-15-22)23-16-10-5-11-17-23/h3-17,20H,18-19H2,1-2H3. The molecule has 0 aliphatic heterocycles. The van der Waals surface area contributed by atoms with Crippen LogP contribution in [0.25, 0.3) is 0 Å². The van der Waals surface area contributed by atoms with Crippen molar-refractivity contribution < 1.29 is 13.2 Å². The van der Waals surface area contributed by atoms with Crippen molar-refractivity contribution in [3.05, 3.63) is 108 Å². The van der Waals surface area contributed by atoms with E-state index in [9.17, 15) is 13.2 Å². The van der Waals surface area contributed by atoms with Gasteiger partial charge in [-0.15, -0.1) is 11.8 Å². The summed E-state index contributed by atoms with van der Waals surface area (Å²) in [5, 5.41) is 0. The Morgan fingerprint density at radius 2 is 1.10 bits per heavy atom. The first-order chi connectivity index (χ1) is 14.3. The molecule has 3 aromatic carbocycles. The van der Waals surface area contributed by atoms with Crippen molar-refractivity contribution in [1.82, 2.24) is 4.90 Å². The van der Waals surface area contributed by atoms with Gasteiger partial charge < -0.3 is 0 Å². The second-order valence-electron chi connectivity index (χ2n) is 7.47. The highest BCUT2D eigenvalue weighted by Gasteiger charge is 2.38. The third-order valence-electron chi connectivity index (χ3n) is 5.26. The minimum Gasteiger partial charge on any atom is -0.295 e. The average molecular weight is 430 g/mol. The second-order valence-corrected chi connectivity index (χ2v) is 8.70. The van der Waals surface area contributed by atoms with Gasteiger partial charge >= 0.3 is 6.18 Å². The Balaban J connectivity index is 2.03. The Labute approximate surface area is 180 Å². The third kappa shape index (κ3) is 5.27. The highest BCUT2D eigenvalue weighted by molar-refractivity contribution is 8.00. The van der Waals surface area contributed by atoms with Crippen molar-refractivity contribution in [2.45, 2.75) is 23.9 Å². The van der Waals surface area contributed by atoms with Crippen LogP contribution in [0.3, 0.4) is 0 Å². The van der Waals surface area contributed by atoms with Crippen LogP contribution in [0.15, 0.2) is 91.0 Å². The van der Waals surface area contributed by atoms with Gasteiger partial charge in [-0.25, -0.2) is 0 Å². The van der Waals surface area contributed by atoms with E-state index in [-0.39, 0.29) is 6.04 Å². The molecule has 0 aliphatic carbocycles. The molecular weight excluding hydrogens is 403 g/mol. The molecule has 0 aromatic heterocycles. The summed E-state index contributed by atoms with van der Waals surface area (Å²) in [7, 11) is 1.54. The first-order valence-electron chi connectivity index (χ1n) is 9.90. The fraction of sp³-hybridized carbons (Fsp3) is 0.280. The summed E-state index contributed by atoms with van der Waals surface area (Å²) in [6, 6.07) is 30.3. The smallest absolute Gasteiger partial charge is 0.295 e. The van der Waals surface area contributed by atoms with Gasteiger partial charge in [-0.05, 0) is 30.7 Å². The van der Waals surface area contributed by atoms with Crippen LogP contribution in [0.1, 0.15) is 23.6 Å². The summed E-state index contributed by atoms with van der Waals surface area (Å²) < 4.78 is 38.1. The maximum atomic E-state index is 12.9. The summed E-state index contributed by atoms with van der Waals surface area (Å²) in [6.45, 7) is 0.939. The molecule has 1 atom stereocenters. The molecule has 30 heavy (non-hydrogen) atoms. The van der Waals surface area contributed by atoms with E-state index in [0.717, 1.165) is 16.7 Å². The Morgan fingerprint density at radius 3 is 1.43 bits per heavy atom. The zero-order chi connectivity index (χ0) is 21.6. The van der Waals surface area contributed by atoms with Crippen molar-refractivity contribution in [3.63, 3.8) is 0 Å². The van der Waals surface area contributed by atoms with E-state index in [1.54, 1.807) is 11.8 Å². The highest BCUT2D eigenvalue weighted by atomic mass is 32.2. The number of halogens is 3. The van der Waals surface area contributed by atoms with Crippen LogP contribution in [0.2, 0.25) is 0 Å². The van der Waals surface area contributed by atoms with Crippen molar-refractivity contribution in [1.29, 1.82) is 0 Å². The molecule has 3 rings (SSSR count). The molecule has 5 heteroatoms. The van der Waals surface area contributed by atoms with Gasteiger partial charge in [0.1, 0.15) is 0 Å². The fourth-order valence-electron chi connectivity index (χ4n) is 3.58. The predicted molar refractivity (Wildman–Crippen MR) is 120 cm³/mol. The molecule has 0 N–H and O–H groups in total. The van der Waals surface area contributed by atoms with Gasteiger partial charge in [0.25, 0.3) is 0 Å². The lowest BCUT2D eigenvalue weighted by Gasteiger charge is -2.37. The van der Waals surface area contributed by atoms with E-state index in [1.807, 2.05) is 61.5 Å². The van der Waals surface area contributed by atoms with E-state index < -0.39 is 17.5 Å². The zero-order valence-corrected chi connectivity index (χ0v) is 18.0. The Morgan fingerprint density at radius 1 is 0.733 bits per heavy atom. The van der Waals surface area contributed by atoms with E-state index >= 15 is 0 Å². The summed E-state index contributed by atoms with van der Waals surface area (Å²) in [5.41, 5.74) is 3.33. The molecule has 0 radical (unpaired) electrons. The van der Waals surface area contributed by atoms with Gasteiger partial charge in [0, 0.05) is 11.8 Å². The average Bonchev–Trinajstić information content (AvgIpc) is 2.75. The Kier molecular flexibility index (Phi) is 7.27. The first kappa shape index (κ1) is 22.4. The van der Waals surface area contributed by atoms with Gasteiger partial charge in [-0.2, -0.15) is 13.2 Å². The summed E-state index contributed by atoms with van der Waals surface area (Å²) in [4.78, 5) is 1.37. The predicted octanol–water partition coefficient (Wildman–Crippen LogP) is 6.59. The van der Waals surface area contributed by atoms with Crippen LogP contribution in [0, 0.1) is 0 Å². The minimum atomic E-state index is -4.21. The van der Waals surface area contributed by atoms with Gasteiger partial charge in [-0.1, -0.05) is 91.0 Å². The van der Waals surface area contributed by atoms with Gasteiger partial charge in [-0.3, -0.25) is 4.90 Å². The lowest BCUT2D eigenvalue weighted by molar-refractivity contribution is -0.145. The molecular formula is C25H26F3NS. The van der Waals surface area contributed by atoms with E-state index in [2.05, 4.69) is 36.4 Å². The van der Waals surface area contributed by atoms with E-state index in [0.29, 0.717) is 5.75 Å². The molecule has 0 bridgehead atoms. The molecule has 0 spiro atoms. The molecule has 0 amide bonds. The maximum absolute atomic E-state index is 12.9. The van der Waals surface area contributed by atoms with Crippen molar-refractivity contribution in [3.8, 4) is 0 Å². The highest BCUT2D eigenvalue weighted by Crippen LogP contribution is 2.48. The van der Waals surface area contributed by atoms with E-state index in [1.165, 1.54) is 11.9 Å². The second kappa shape index (κ2) is 9.71. The monoisotopic (exact) mass is 429 g/mol. The minimum absolute atomic E-state index is 0.243. The fourth-order valence-corrected chi connectivity index (χ4v) is 5.23. The topological polar surface area (TPSA) is 3.24 Å². The van der Waals surface area contributed by atoms with Gasteiger partial charge in [0.2, 0.25) is 0 Å². The molecule has 3 aromatic rings. The summed E-state index contributed by atoms with van der Waals surface area (Å²) >= 11 is 1.68. The summed E-state index contributed by atoms with van der Waals surface area (Å²) in [5.74, 6) is 0.547. The van der Waals surface area contributed by atoms with Crippen molar-refractivity contribution in [2.75, 3.05) is 19.3 Å². The molecule has 0 saturated carbocycles.